The van der Waals surface area contributed by atoms with Gasteiger partial charge in [-0.25, -0.2) is 4.79 Å². The minimum absolute atomic E-state index is 0.184. The molecule has 0 bridgehead atoms. The number of esters is 1. The topological polar surface area (TPSA) is 107 Å². The van der Waals surface area contributed by atoms with E-state index in [1.54, 1.807) is 6.07 Å². The highest BCUT2D eigenvalue weighted by molar-refractivity contribution is 7.13. The highest BCUT2D eigenvalue weighted by Crippen LogP contribution is 2.32. The van der Waals surface area contributed by atoms with E-state index in [1.165, 1.54) is 42.6 Å². The molecule has 0 spiro atoms. The zero-order valence-electron chi connectivity index (χ0n) is 22.0. The Balaban J connectivity index is 1.49. The zero-order valence-corrected chi connectivity index (χ0v) is 22.8. The van der Waals surface area contributed by atoms with Crippen molar-refractivity contribution in [3.05, 3.63) is 51.7 Å². The number of nitrogens with zero attached hydrogens (tertiary/aromatic N) is 1. The normalized spacial score (nSPS) is 18.1. The van der Waals surface area contributed by atoms with Crippen LogP contribution < -0.4 is 4.90 Å². The number of hydrogen-bond donors (Lipinski definition) is 3. The maximum atomic E-state index is 12.7. The highest BCUT2D eigenvalue weighted by atomic mass is 32.1. The largest absolute Gasteiger partial charge is 0.459 e. The average Bonchev–Trinajstić information content (AvgIpc) is 3.53. The van der Waals surface area contributed by atoms with Crippen LogP contribution in [0.4, 0.5) is 5.69 Å². The summed E-state index contributed by atoms with van der Waals surface area (Å²) in [6.07, 6.45) is 6.30. The van der Waals surface area contributed by atoms with Gasteiger partial charge >= 0.3 is 5.97 Å². The summed E-state index contributed by atoms with van der Waals surface area (Å²) in [6, 6.07) is 12.3. The second-order valence-electron chi connectivity index (χ2n) is 10.0. The lowest BCUT2D eigenvalue weighted by Crippen LogP contribution is -2.34. The van der Waals surface area contributed by atoms with E-state index < -0.39 is 24.8 Å². The van der Waals surface area contributed by atoms with Crippen molar-refractivity contribution in [2.45, 2.75) is 95.8 Å². The Bertz CT molecular complexity index is 991. The number of unbranched alkanes of at least 4 members (excludes halogenated alkanes) is 2. The molecule has 1 saturated heterocycles. The number of anilines is 1. The number of aryl methyl sites for hydroxylation is 1. The van der Waals surface area contributed by atoms with Crippen LogP contribution in [0.2, 0.25) is 0 Å². The Morgan fingerprint density at radius 2 is 1.86 bits per heavy atom. The van der Waals surface area contributed by atoms with E-state index in [9.17, 15) is 19.8 Å². The summed E-state index contributed by atoms with van der Waals surface area (Å²) >= 11 is 1.35. The summed E-state index contributed by atoms with van der Waals surface area (Å²) in [6.45, 7) is 3.52. The summed E-state index contributed by atoms with van der Waals surface area (Å²) in [4.78, 5) is 28.4. The Hall–Kier alpha value is -2.26. The van der Waals surface area contributed by atoms with E-state index in [1.807, 2.05) is 11.0 Å². The molecule has 204 valence electrons. The quantitative estimate of drug-likeness (QED) is 0.225. The number of hydrogen-bond acceptors (Lipinski definition) is 7. The molecule has 2 heterocycles. The van der Waals surface area contributed by atoms with E-state index in [4.69, 9.17) is 9.84 Å². The van der Waals surface area contributed by atoms with Crippen molar-refractivity contribution in [1.82, 2.24) is 0 Å². The SMILES string of the molecule is CCCCC[C@H](C)c1ccc(N2C(=O)CC[C@@H]2CCCc2ccc(C(=O)OC[C@@H](O)[C@H](O)CO)s2)cc1. The van der Waals surface area contributed by atoms with E-state index in [0.29, 0.717) is 17.2 Å². The summed E-state index contributed by atoms with van der Waals surface area (Å²) in [7, 11) is 0. The molecule has 3 N–H and O–H groups in total. The molecule has 37 heavy (non-hydrogen) atoms. The van der Waals surface area contributed by atoms with E-state index in [0.717, 1.165) is 36.2 Å². The van der Waals surface area contributed by atoms with Crippen molar-refractivity contribution < 1.29 is 29.6 Å². The van der Waals surface area contributed by atoms with Crippen LogP contribution in [0.15, 0.2) is 36.4 Å². The summed E-state index contributed by atoms with van der Waals surface area (Å²) in [5.74, 6) is 0.149. The molecule has 2 aromatic rings. The van der Waals surface area contributed by atoms with Gasteiger partial charge in [-0.05, 0) is 67.9 Å². The first-order valence-electron chi connectivity index (χ1n) is 13.5. The van der Waals surface area contributed by atoms with Gasteiger partial charge in [0.1, 0.15) is 23.7 Å². The summed E-state index contributed by atoms with van der Waals surface area (Å²) < 4.78 is 5.04. The van der Waals surface area contributed by atoms with Gasteiger partial charge in [0.15, 0.2) is 0 Å². The van der Waals surface area contributed by atoms with Gasteiger partial charge in [-0.15, -0.1) is 11.3 Å². The Kier molecular flexibility index (Phi) is 11.6. The Labute approximate surface area is 224 Å². The first-order chi connectivity index (χ1) is 17.8. The number of benzene rings is 1. The van der Waals surface area contributed by atoms with Crippen molar-refractivity contribution in [3.63, 3.8) is 0 Å². The maximum absolute atomic E-state index is 12.7. The first-order valence-corrected chi connectivity index (χ1v) is 14.3. The average molecular weight is 532 g/mol. The molecule has 1 aromatic heterocycles. The van der Waals surface area contributed by atoms with Gasteiger partial charge in [-0.1, -0.05) is 45.2 Å². The molecule has 0 unspecified atom stereocenters. The van der Waals surface area contributed by atoms with Crippen LogP contribution in [0.3, 0.4) is 0 Å². The third-order valence-electron chi connectivity index (χ3n) is 7.15. The molecular formula is C29H41NO6S. The predicted octanol–water partition coefficient (Wildman–Crippen LogP) is 4.82. The van der Waals surface area contributed by atoms with Gasteiger partial charge in [0, 0.05) is 23.0 Å². The van der Waals surface area contributed by atoms with Crippen LogP contribution in [0.25, 0.3) is 0 Å². The highest BCUT2D eigenvalue weighted by Gasteiger charge is 2.31. The van der Waals surface area contributed by atoms with Crippen molar-refractivity contribution in [3.8, 4) is 0 Å². The van der Waals surface area contributed by atoms with Crippen LogP contribution in [-0.2, 0) is 16.0 Å². The van der Waals surface area contributed by atoms with Gasteiger partial charge in [0.05, 0.1) is 6.61 Å². The molecule has 1 amide bonds. The van der Waals surface area contributed by atoms with Crippen LogP contribution in [0.1, 0.15) is 91.2 Å². The standard InChI is InChI=1S/C29H41NO6S/c1-3-4-5-7-20(2)21-10-12-23(13-11-21)30-22(14-17-28(30)34)8-6-9-24-15-16-27(37-24)29(35)36-19-26(33)25(32)18-31/h10-13,15-16,20,22,25-26,31-33H,3-9,14,17-19H2,1-2H3/t20-,22-,25+,26+/m0/s1. The molecule has 0 aliphatic carbocycles. The molecule has 4 atom stereocenters. The molecule has 0 saturated carbocycles. The second-order valence-corrected chi connectivity index (χ2v) is 11.2. The maximum Gasteiger partial charge on any atom is 0.348 e. The number of ether oxygens (including phenoxy) is 1. The van der Waals surface area contributed by atoms with Gasteiger partial charge in [-0.2, -0.15) is 0 Å². The summed E-state index contributed by atoms with van der Waals surface area (Å²) in [5, 5.41) is 27.8. The van der Waals surface area contributed by atoms with Crippen LogP contribution in [0, 0.1) is 0 Å². The third-order valence-corrected chi connectivity index (χ3v) is 8.27. The fraction of sp³-hybridized carbons (Fsp3) is 0.586. The number of rotatable bonds is 15. The van der Waals surface area contributed by atoms with Gasteiger partial charge in [0.2, 0.25) is 5.91 Å². The fourth-order valence-corrected chi connectivity index (χ4v) is 5.74. The smallest absolute Gasteiger partial charge is 0.348 e. The van der Waals surface area contributed by atoms with E-state index >= 15 is 0 Å². The van der Waals surface area contributed by atoms with Crippen molar-refractivity contribution >= 4 is 28.9 Å². The second kappa shape index (κ2) is 14.6. The molecule has 7 nitrogen and oxygen atoms in total. The summed E-state index contributed by atoms with van der Waals surface area (Å²) in [5.41, 5.74) is 2.31. The van der Waals surface area contributed by atoms with Gasteiger partial charge in [0.25, 0.3) is 0 Å². The Morgan fingerprint density at radius 1 is 1.11 bits per heavy atom. The molecule has 1 aliphatic rings. The minimum Gasteiger partial charge on any atom is -0.459 e. The molecule has 8 heteroatoms. The lowest BCUT2D eigenvalue weighted by molar-refractivity contribution is -0.117. The number of aliphatic hydroxyl groups excluding tert-OH is 3. The third kappa shape index (κ3) is 8.37. The van der Waals surface area contributed by atoms with Crippen LogP contribution in [-0.4, -0.2) is 58.7 Å². The fourth-order valence-electron chi connectivity index (χ4n) is 4.80. The number of aliphatic hydroxyl groups is 3. The number of carbonyl (C=O) groups excluding carboxylic acids is 2. The predicted molar refractivity (Wildman–Crippen MR) is 146 cm³/mol. The zero-order chi connectivity index (χ0) is 26.8. The van der Waals surface area contributed by atoms with Crippen molar-refractivity contribution in [1.29, 1.82) is 0 Å². The van der Waals surface area contributed by atoms with Crippen LogP contribution in [0.5, 0.6) is 0 Å². The molecule has 0 radical (unpaired) electrons. The minimum atomic E-state index is -1.34. The number of thiophene rings is 1. The number of amides is 1. The van der Waals surface area contributed by atoms with Crippen LogP contribution >= 0.6 is 11.3 Å². The molecule has 1 aromatic carbocycles. The lowest BCUT2D eigenvalue weighted by atomic mass is 9.95. The van der Waals surface area contributed by atoms with E-state index in [2.05, 4.69) is 38.1 Å². The Morgan fingerprint density at radius 3 is 2.57 bits per heavy atom. The van der Waals surface area contributed by atoms with E-state index in [-0.39, 0.29) is 18.6 Å². The van der Waals surface area contributed by atoms with Gasteiger partial charge in [-0.3, -0.25) is 4.79 Å². The first kappa shape index (κ1) is 29.3. The number of carbonyl (C=O) groups is 2. The molecule has 3 rings (SSSR count). The lowest BCUT2D eigenvalue weighted by Gasteiger charge is -2.25. The van der Waals surface area contributed by atoms with Crippen molar-refractivity contribution in [2.75, 3.05) is 18.1 Å². The van der Waals surface area contributed by atoms with Crippen molar-refractivity contribution in [2.24, 2.45) is 0 Å². The molecule has 1 aliphatic heterocycles. The molecule has 1 fully saturated rings. The molecular weight excluding hydrogens is 490 g/mol. The monoisotopic (exact) mass is 531 g/mol. The van der Waals surface area contributed by atoms with Gasteiger partial charge < -0.3 is 25.0 Å².